The molecule has 2 atom stereocenters. The van der Waals surface area contributed by atoms with Crippen LogP contribution in [0.4, 0.5) is 0 Å². The van der Waals surface area contributed by atoms with Crippen LogP contribution in [0.3, 0.4) is 0 Å². The Hall–Kier alpha value is -2.60. The van der Waals surface area contributed by atoms with E-state index in [1.165, 1.54) is 52.6 Å². The Kier molecular flexibility index (Phi) is 7.23. The maximum atomic E-state index is 2.48. The zero-order chi connectivity index (χ0) is 23.5. The first-order valence-corrected chi connectivity index (χ1v) is 13.1. The minimum Gasteiger partial charge on any atom is -0.0870 e. The molecule has 3 aromatic carbocycles. The van der Waals surface area contributed by atoms with Gasteiger partial charge in [-0.2, -0.15) is 0 Å². The Morgan fingerprint density at radius 1 is 0.818 bits per heavy atom. The zero-order valence-electron chi connectivity index (χ0n) is 21.5. The summed E-state index contributed by atoms with van der Waals surface area (Å²) in [6, 6.07) is 18.2. The van der Waals surface area contributed by atoms with Crippen LogP contribution in [0.25, 0.3) is 28.3 Å². The van der Waals surface area contributed by atoms with Crippen molar-refractivity contribution in [3.05, 3.63) is 88.0 Å². The van der Waals surface area contributed by atoms with Crippen LogP contribution < -0.4 is 0 Å². The highest BCUT2D eigenvalue weighted by atomic mass is 14.4. The molecule has 0 amide bonds. The van der Waals surface area contributed by atoms with Crippen molar-refractivity contribution in [2.45, 2.75) is 85.5 Å². The Labute approximate surface area is 201 Å². The van der Waals surface area contributed by atoms with Crippen molar-refractivity contribution in [1.29, 1.82) is 0 Å². The van der Waals surface area contributed by atoms with E-state index in [0.29, 0.717) is 11.8 Å². The van der Waals surface area contributed by atoms with Crippen LogP contribution in [-0.4, -0.2) is 0 Å². The molecule has 0 spiro atoms. The Balaban J connectivity index is 2.26. The summed E-state index contributed by atoms with van der Waals surface area (Å²) in [4.78, 5) is 0. The molecular formula is C33H40. The van der Waals surface area contributed by atoms with Gasteiger partial charge in [0.1, 0.15) is 0 Å². The lowest BCUT2D eigenvalue weighted by Gasteiger charge is -2.39. The molecule has 0 nitrogen and oxygen atoms in total. The second kappa shape index (κ2) is 10.1. The van der Waals surface area contributed by atoms with Gasteiger partial charge in [-0.15, -0.1) is 0 Å². The molecule has 0 heteroatoms. The molecule has 172 valence electrons. The molecule has 0 saturated heterocycles. The largest absolute Gasteiger partial charge is 0.0870 e. The fourth-order valence-corrected chi connectivity index (χ4v) is 6.42. The normalized spacial score (nSPS) is 17.3. The topological polar surface area (TPSA) is 0 Å². The molecule has 0 radical (unpaired) electrons. The van der Waals surface area contributed by atoms with E-state index < -0.39 is 0 Å². The highest BCUT2D eigenvalue weighted by molar-refractivity contribution is 5.91. The summed E-state index contributed by atoms with van der Waals surface area (Å²) in [5.41, 5.74) is 15.2. The Morgan fingerprint density at radius 2 is 1.58 bits per heavy atom. The highest BCUT2D eigenvalue weighted by Crippen LogP contribution is 2.55. The molecule has 3 aromatic rings. The molecule has 2 unspecified atom stereocenters. The van der Waals surface area contributed by atoms with Gasteiger partial charge in [0.2, 0.25) is 0 Å². The van der Waals surface area contributed by atoms with Gasteiger partial charge in [-0.1, -0.05) is 101 Å². The molecule has 1 aliphatic carbocycles. The summed E-state index contributed by atoms with van der Waals surface area (Å²) in [6.45, 7) is 14.0. The predicted octanol–water partition coefficient (Wildman–Crippen LogP) is 9.88. The molecule has 0 aromatic heterocycles. The van der Waals surface area contributed by atoms with Crippen molar-refractivity contribution in [2.24, 2.45) is 0 Å². The summed E-state index contributed by atoms with van der Waals surface area (Å²) >= 11 is 0. The minimum atomic E-state index is 0.530. The molecule has 0 fully saturated rings. The van der Waals surface area contributed by atoms with Crippen LogP contribution in [0.5, 0.6) is 0 Å². The van der Waals surface area contributed by atoms with Gasteiger partial charge in [-0.25, -0.2) is 0 Å². The average Bonchev–Trinajstić information content (AvgIpc) is 2.83. The number of hydrogen-bond acceptors (Lipinski definition) is 0. The number of allylic oxidation sites excluding steroid dienone is 1. The third-order valence-electron chi connectivity index (χ3n) is 7.66. The van der Waals surface area contributed by atoms with Crippen molar-refractivity contribution in [1.82, 2.24) is 0 Å². The van der Waals surface area contributed by atoms with Crippen molar-refractivity contribution in [3.8, 4) is 22.3 Å². The molecule has 1 aliphatic rings. The average molecular weight is 437 g/mol. The second-order valence-corrected chi connectivity index (χ2v) is 9.72. The van der Waals surface area contributed by atoms with Crippen molar-refractivity contribution < 1.29 is 0 Å². The van der Waals surface area contributed by atoms with E-state index in [1.54, 1.807) is 22.3 Å². The van der Waals surface area contributed by atoms with Gasteiger partial charge in [-0.05, 0) is 101 Å². The molecule has 4 rings (SSSR count). The fourth-order valence-electron chi connectivity index (χ4n) is 6.42. The third-order valence-corrected chi connectivity index (χ3v) is 7.66. The summed E-state index contributed by atoms with van der Waals surface area (Å²) in [5, 5.41) is 0. The number of hydrogen-bond donors (Lipinski definition) is 0. The fraction of sp³-hybridized carbons (Fsp3) is 0.394. The lowest BCUT2D eigenvalue weighted by Crippen LogP contribution is -2.21. The van der Waals surface area contributed by atoms with E-state index >= 15 is 0 Å². The van der Waals surface area contributed by atoms with Crippen LogP contribution in [0.15, 0.2) is 54.6 Å². The lowest BCUT2D eigenvalue weighted by molar-refractivity contribution is 0.521. The first-order chi connectivity index (χ1) is 16.1. The number of fused-ring (bicyclic) bond motifs is 3. The Bertz CT molecular complexity index is 1150. The van der Waals surface area contributed by atoms with E-state index in [1.807, 2.05) is 0 Å². The van der Waals surface area contributed by atoms with E-state index in [2.05, 4.69) is 102 Å². The van der Waals surface area contributed by atoms with E-state index in [0.717, 1.165) is 12.8 Å². The summed E-state index contributed by atoms with van der Waals surface area (Å²) < 4.78 is 0. The molecule has 0 aliphatic heterocycles. The smallest absolute Gasteiger partial charge is 0.00830 e. The lowest BCUT2D eigenvalue weighted by atomic mass is 9.64. The van der Waals surface area contributed by atoms with Gasteiger partial charge in [0, 0.05) is 0 Å². The van der Waals surface area contributed by atoms with Crippen LogP contribution in [0, 0.1) is 6.92 Å². The summed E-state index contributed by atoms with van der Waals surface area (Å²) in [7, 11) is 0. The van der Waals surface area contributed by atoms with E-state index in [4.69, 9.17) is 0 Å². The second-order valence-electron chi connectivity index (χ2n) is 9.72. The number of rotatable bonds is 7. The molecular weight excluding hydrogens is 396 g/mol. The Morgan fingerprint density at radius 3 is 2.21 bits per heavy atom. The number of aryl methyl sites for hydroxylation is 1. The minimum absolute atomic E-state index is 0.530. The maximum Gasteiger partial charge on any atom is -0.00830 e. The molecule has 0 bridgehead atoms. The van der Waals surface area contributed by atoms with Gasteiger partial charge in [-0.3, -0.25) is 0 Å². The monoisotopic (exact) mass is 436 g/mol. The molecule has 33 heavy (non-hydrogen) atoms. The van der Waals surface area contributed by atoms with Gasteiger partial charge in [0.05, 0.1) is 0 Å². The van der Waals surface area contributed by atoms with E-state index in [-0.39, 0.29) is 0 Å². The van der Waals surface area contributed by atoms with E-state index in [9.17, 15) is 0 Å². The standard InChI is InChI=1S/C33H40/c1-7-15-26-23(6)30-22(5)18-14-21-29(30)32-28(17-9-3)27(16-8-2)25(10-4)31(33(26)32)24-19-12-11-13-20-24/h8,11-14,16,18-21,23,26H,7,9-10,15,17H2,1-6H3. The third kappa shape index (κ3) is 3.99. The van der Waals surface area contributed by atoms with Crippen molar-refractivity contribution >= 4 is 6.08 Å². The molecule has 0 N–H and O–H groups in total. The highest BCUT2D eigenvalue weighted by Gasteiger charge is 2.36. The van der Waals surface area contributed by atoms with Crippen LogP contribution in [-0.2, 0) is 12.8 Å². The van der Waals surface area contributed by atoms with Gasteiger partial charge in [0.15, 0.2) is 0 Å². The van der Waals surface area contributed by atoms with Crippen molar-refractivity contribution in [3.63, 3.8) is 0 Å². The van der Waals surface area contributed by atoms with Gasteiger partial charge < -0.3 is 0 Å². The van der Waals surface area contributed by atoms with Crippen LogP contribution in [0.2, 0.25) is 0 Å². The predicted molar refractivity (Wildman–Crippen MR) is 146 cm³/mol. The van der Waals surface area contributed by atoms with Crippen LogP contribution >= 0.6 is 0 Å². The molecule has 0 saturated carbocycles. The zero-order valence-corrected chi connectivity index (χ0v) is 21.5. The van der Waals surface area contributed by atoms with Crippen molar-refractivity contribution in [2.75, 3.05) is 0 Å². The first-order valence-electron chi connectivity index (χ1n) is 13.1. The molecule has 0 heterocycles. The first kappa shape index (κ1) is 23.6. The van der Waals surface area contributed by atoms with Crippen LogP contribution in [0.1, 0.15) is 99.1 Å². The number of benzene rings is 3. The SMILES string of the molecule is CC=Cc1c(CC)c(-c2ccccc2)c2c(c1CCC)-c1cccc(C)c1C(C)C2CCC. The summed E-state index contributed by atoms with van der Waals surface area (Å²) in [6.07, 6.45) is 10.4. The maximum absolute atomic E-state index is 2.48. The summed E-state index contributed by atoms with van der Waals surface area (Å²) in [5.74, 6) is 1.08. The van der Waals surface area contributed by atoms with Gasteiger partial charge in [0.25, 0.3) is 0 Å². The quantitative estimate of drug-likeness (QED) is 0.345. The van der Waals surface area contributed by atoms with Gasteiger partial charge >= 0.3 is 0 Å².